The van der Waals surface area contributed by atoms with Gasteiger partial charge in [0.05, 0.1) is 12.1 Å². The van der Waals surface area contributed by atoms with E-state index < -0.39 is 18.5 Å². The van der Waals surface area contributed by atoms with Crippen LogP contribution < -0.4 is 5.32 Å². The molecule has 0 saturated carbocycles. The van der Waals surface area contributed by atoms with Gasteiger partial charge < -0.3 is 20.1 Å². The largest absolute Gasteiger partial charge is 0.508 e. The van der Waals surface area contributed by atoms with E-state index in [0.29, 0.717) is 0 Å². The normalized spacial score (nSPS) is 10.2. The van der Waals surface area contributed by atoms with Gasteiger partial charge in [-0.15, -0.1) is 0 Å². The van der Waals surface area contributed by atoms with Crippen LogP contribution in [0.5, 0.6) is 5.75 Å². The first-order valence-electron chi connectivity index (χ1n) is 8.34. The Bertz CT molecular complexity index is 843. The minimum atomic E-state index is -0.729. The highest BCUT2D eigenvalue weighted by Crippen LogP contribution is 2.19. The molecule has 0 radical (unpaired) electrons. The van der Waals surface area contributed by atoms with E-state index in [9.17, 15) is 19.5 Å². The van der Waals surface area contributed by atoms with Crippen LogP contribution in [0.15, 0.2) is 42.5 Å². The Balaban J connectivity index is 1.86. The SMILES string of the molecule is Cc1cccc(C)c1NC(=O)CN(C)C(=O)COC(=O)c1cccc(O)c1. The second-order valence-corrected chi connectivity index (χ2v) is 6.19. The molecule has 0 aromatic heterocycles. The van der Waals surface area contributed by atoms with E-state index in [1.54, 1.807) is 0 Å². The maximum Gasteiger partial charge on any atom is 0.338 e. The molecule has 2 amide bonds. The molecule has 2 aromatic carbocycles. The van der Waals surface area contributed by atoms with Gasteiger partial charge in [0.1, 0.15) is 5.75 Å². The summed E-state index contributed by atoms with van der Waals surface area (Å²) in [5.41, 5.74) is 2.71. The van der Waals surface area contributed by atoms with Crippen LogP contribution in [0.1, 0.15) is 21.5 Å². The number of aryl methyl sites for hydroxylation is 2. The molecular weight excluding hydrogens is 348 g/mol. The van der Waals surface area contributed by atoms with Gasteiger partial charge in [-0.2, -0.15) is 0 Å². The molecule has 0 aliphatic carbocycles. The van der Waals surface area contributed by atoms with E-state index in [4.69, 9.17) is 4.74 Å². The van der Waals surface area contributed by atoms with E-state index in [1.807, 2.05) is 32.0 Å². The van der Waals surface area contributed by atoms with Gasteiger partial charge in [0.2, 0.25) is 5.91 Å². The summed E-state index contributed by atoms with van der Waals surface area (Å²) in [4.78, 5) is 37.3. The van der Waals surface area contributed by atoms with Crippen molar-refractivity contribution in [1.82, 2.24) is 4.90 Å². The Morgan fingerprint density at radius 3 is 2.33 bits per heavy atom. The van der Waals surface area contributed by atoms with Crippen LogP contribution in [-0.2, 0) is 14.3 Å². The van der Waals surface area contributed by atoms with Gasteiger partial charge in [0.25, 0.3) is 5.91 Å². The lowest BCUT2D eigenvalue weighted by atomic mass is 10.1. The Morgan fingerprint density at radius 2 is 1.70 bits per heavy atom. The number of hydrogen-bond donors (Lipinski definition) is 2. The third kappa shape index (κ3) is 5.57. The van der Waals surface area contributed by atoms with Crippen LogP contribution in [0.2, 0.25) is 0 Å². The lowest BCUT2D eigenvalue weighted by Gasteiger charge is -2.18. The molecule has 7 nitrogen and oxygen atoms in total. The molecule has 0 bridgehead atoms. The lowest BCUT2D eigenvalue weighted by Crippen LogP contribution is -2.37. The third-order valence-electron chi connectivity index (χ3n) is 3.96. The molecule has 7 heteroatoms. The minimum Gasteiger partial charge on any atom is -0.508 e. The first-order chi connectivity index (χ1) is 12.8. The van der Waals surface area contributed by atoms with Crippen molar-refractivity contribution < 1.29 is 24.2 Å². The number of phenols is 1. The molecule has 0 fully saturated rings. The highest BCUT2D eigenvalue weighted by molar-refractivity contribution is 5.96. The number of likely N-dealkylation sites (N-methyl/N-ethyl adjacent to an activating group) is 1. The van der Waals surface area contributed by atoms with Crippen LogP contribution in [-0.4, -0.2) is 48.0 Å². The van der Waals surface area contributed by atoms with Crippen LogP contribution in [0.25, 0.3) is 0 Å². The van der Waals surface area contributed by atoms with Crippen LogP contribution >= 0.6 is 0 Å². The van der Waals surface area contributed by atoms with Crippen molar-refractivity contribution in [1.29, 1.82) is 0 Å². The monoisotopic (exact) mass is 370 g/mol. The summed E-state index contributed by atoms with van der Waals surface area (Å²) < 4.78 is 4.93. The number of anilines is 1. The standard InChI is InChI=1S/C20H22N2O5/c1-13-6-4-7-14(2)19(13)21-17(24)11-22(3)18(25)12-27-20(26)15-8-5-9-16(23)10-15/h4-10,23H,11-12H2,1-3H3,(H,21,24). The van der Waals surface area contributed by atoms with Gasteiger partial charge in [0.15, 0.2) is 6.61 Å². The van der Waals surface area contributed by atoms with Crippen molar-refractivity contribution in [2.45, 2.75) is 13.8 Å². The van der Waals surface area contributed by atoms with Gasteiger partial charge >= 0.3 is 5.97 Å². The number of rotatable bonds is 6. The predicted octanol–water partition coefficient (Wildman–Crippen LogP) is 2.26. The number of ether oxygens (including phenoxy) is 1. The average molecular weight is 370 g/mol. The molecule has 0 aliphatic rings. The molecule has 142 valence electrons. The van der Waals surface area contributed by atoms with Gasteiger partial charge in [-0.1, -0.05) is 24.3 Å². The highest BCUT2D eigenvalue weighted by Gasteiger charge is 2.17. The summed E-state index contributed by atoms with van der Waals surface area (Å²) in [7, 11) is 1.45. The summed E-state index contributed by atoms with van der Waals surface area (Å²) in [6, 6.07) is 11.3. The number of carbonyl (C=O) groups is 3. The van der Waals surface area contributed by atoms with E-state index in [0.717, 1.165) is 16.8 Å². The molecule has 0 heterocycles. The van der Waals surface area contributed by atoms with Crippen molar-refractivity contribution in [3.8, 4) is 5.75 Å². The van der Waals surface area contributed by atoms with Gasteiger partial charge in [-0.3, -0.25) is 9.59 Å². The molecule has 0 aliphatic heterocycles. The van der Waals surface area contributed by atoms with Crippen molar-refractivity contribution in [2.75, 3.05) is 25.5 Å². The minimum absolute atomic E-state index is 0.0731. The van der Waals surface area contributed by atoms with Gasteiger partial charge in [-0.05, 0) is 43.2 Å². The first-order valence-corrected chi connectivity index (χ1v) is 8.34. The van der Waals surface area contributed by atoms with Gasteiger partial charge in [-0.25, -0.2) is 4.79 Å². The lowest BCUT2D eigenvalue weighted by molar-refractivity contribution is -0.136. The van der Waals surface area contributed by atoms with E-state index in [1.165, 1.54) is 36.2 Å². The molecule has 2 N–H and O–H groups in total. The predicted molar refractivity (Wildman–Crippen MR) is 101 cm³/mol. The number of nitrogens with zero attached hydrogens (tertiary/aromatic N) is 1. The Labute approximate surface area is 157 Å². The molecule has 27 heavy (non-hydrogen) atoms. The number of hydrogen-bond acceptors (Lipinski definition) is 5. The highest BCUT2D eigenvalue weighted by atomic mass is 16.5. The molecule has 0 unspecified atom stereocenters. The van der Waals surface area contributed by atoms with Crippen molar-refractivity contribution in [2.24, 2.45) is 0 Å². The molecule has 2 rings (SSSR count). The first kappa shape index (κ1) is 20.0. The number of aromatic hydroxyl groups is 1. The third-order valence-corrected chi connectivity index (χ3v) is 3.96. The number of benzene rings is 2. The number of amides is 2. The number of nitrogens with one attached hydrogen (secondary N) is 1. The van der Waals surface area contributed by atoms with Gasteiger partial charge in [0, 0.05) is 12.7 Å². The second kappa shape index (κ2) is 8.84. The topological polar surface area (TPSA) is 95.9 Å². The van der Waals surface area contributed by atoms with Crippen LogP contribution in [0.3, 0.4) is 0 Å². The molecule has 2 aromatic rings. The summed E-state index contributed by atoms with van der Waals surface area (Å²) in [6.07, 6.45) is 0. The summed E-state index contributed by atoms with van der Waals surface area (Å²) in [5.74, 6) is -1.66. The fraction of sp³-hybridized carbons (Fsp3) is 0.250. The Morgan fingerprint density at radius 1 is 1.07 bits per heavy atom. The van der Waals surface area contributed by atoms with E-state index in [2.05, 4.69) is 5.32 Å². The Kier molecular flexibility index (Phi) is 6.54. The fourth-order valence-corrected chi connectivity index (χ4v) is 2.45. The zero-order valence-corrected chi connectivity index (χ0v) is 15.5. The molecule has 0 saturated heterocycles. The zero-order chi connectivity index (χ0) is 20.0. The summed E-state index contributed by atoms with van der Waals surface area (Å²) in [6.45, 7) is 3.11. The maximum absolute atomic E-state index is 12.2. The van der Waals surface area contributed by atoms with Crippen molar-refractivity contribution in [3.05, 3.63) is 59.2 Å². The average Bonchev–Trinajstić information content (AvgIpc) is 2.62. The van der Waals surface area contributed by atoms with Crippen LogP contribution in [0.4, 0.5) is 5.69 Å². The van der Waals surface area contributed by atoms with Crippen molar-refractivity contribution in [3.63, 3.8) is 0 Å². The fourth-order valence-electron chi connectivity index (χ4n) is 2.45. The summed E-state index contributed by atoms with van der Waals surface area (Å²) >= 11 is 0. The summed E-state index contributed by atoms with van der Waals surface area (Å²) in [5, 5.41) is 12.2. The smallest absolute Gasteiger partial charge is 0.338 e. The molecule has 0 spiro atoms. The Hall–Kier alpha value is -3.35. The zero-order valence-electron chi connectivity index (χ0n) is 15.5. The van der Waals surface area contributed by atoms with Crippen molar-refractivity contribution >= 4 is 23.5 Å². The second-order valence-electron chi connectivity index (χ2n) is 6.19. The maximum atomic E-state index is 12.2. The number of para-hydroxylation sites is 1. The van der Waals surface area contributed by atoms with Crippen LogP contribution in [0, 0.1) is 13.8 Å². The molecular formula is C20H22N2O5. The van der Waals surface area contributed by atoms with E-state index in [-0.39, 0.29) is 23.8 Å². The van der Waals surface area contributed by atoms with E-state index >= 15 is 0 Å². The number of phenolic OH excluding ortho intramolecular Hbond substituents is 1. The molecule has 0 atom stereocenters. The number of carbonyl (C=O) groups excluding carboxylic acids is 3. The number of esters is 1. The quantitative estimate of drug-likeness (QED) is 0.761.